The second-order valence-electron chi connectivity index (χ2n) is 7.93. The lowest BCUT2D eigenvalue weighted by molar-refractivity contribution is -0.128. The van der Waals surface area contributed by atoms with Gasteiger partial charge < -0.3 is 10.1 Å². The summed E-state index contributed by atoms with van der Waals surface area (Å²) in [5.41, 5.74) is 1.00. The summed E-state index contributed by atoms with van der Waals surface area (Å²) >= 11 is 0. The van der Waals surface area contributed by atoms with Crippen LogP contribution in [-0.4, -0.2) is 24.1 Å². The SMILES string of the molecule is CC(C)(C)OC(=O)Nc1ccc(CCCNC(=O)C(C)(C)C)cc1. The zero-order valence-corrected chi connectivity index (χ0v) is 15.7. The molecule has 0 fully saturated rings. The molecule has 0 aliphatic rings. The van der Waals surface area contributed by atoms with Gasteiger partial charge in [-0.1, -0.05) is 32.9 Å². The molecule has 0 radical (unpaired) electrons. The number of rotatable bonds is 5. The molecule has 5 heteroatoms. The molecule has 2 N–H and O–H groups in total. The Morgan fingerprint density at radius 2 is 1.58 bits per heavy atom. The van der Waals surface area contributed by atoms with E-state index < -0.39 is 11.7 Å². The quantitative estimate of drug-likeness (QED) is 0.796. The first-order valence-corrected chi connectivity index (χ1v) is 8.34. The molecule has 0 heterocycles. The van der Waals surface area contributed by atoms with Gasteiger partial charge in [0.05, 0.1) is 0 Å². The lowest BCUT2D eigenvalue weighted by Gasteiger charge is -2.19. The lowest BCUT2D eigenvalue weighted by atomic mass is 9.95. The molecule has 24 heavy (non-hydrogen) atoms. The molecular weight excluding hydrogens is 304 g/mol. The molecule has 0 aliphatic heterocycles. The average molecular weight is 334 g/mol. The van der Waals surface area contributed by atoms with Crippen LogP contribution in [0.5, 0.6) is 0 Å². The standard InChI is InChI=1S/C19H30N2O3/c1-18(2,3)16(22)20-13-7-8-14-9-11-15(12-10-14)21-17(23)24-19(4,5)6/h9-12H,7-8,13H2,1-6H3,(H,20,22)(H,21,23). The highest BCUT2D eigenvalue weighted by Crippen LogP contribution is 2.14. The summed E-state index contributed by atoms with van der Waals surface area (Å²) in [5.74, 6) is 0.0689. The van der Waals surface area contributed by atoms with Crippen LogP contribution < -0.4 is 10.6 Å². The van der Waals surface area contributed by atoms with Crippen LogP contribution in [0.15, 0.2) is 24.3 Å². The van der Waals surface area contributed by atoms with Crippen LogP contribution in [0.3, 0.4) is 0 Å². The van der Waals surface area contributed by atoms with E-state index in [2.05, 4.69) is 10.6 Å². The van der Waals surface area contributed by atoms with E-state index in [1.54, 1.807) is 0 Å². The van der Waals surface area contributed by atoms with E-state index in [0.717, 1.165) is 18.4 Å². The van der Waals surface area contributed by atoms with Crippen molar-refractivity contribution in [2.75, 3.05) is 11.9 Å². The van der Waals surface area contributed by atoms with Gasteiger partial charge in [-0.25, -0.2) is 4.79 Å². The summed E-state index contributed by atoms with van der Waals surface area (Å²) in [6.07, 6.45) is 1.29. The zero-order chi connectivity index (χ0) is 18.4. The van der Waals surface area contributed by atoms with Gasteiger partial charge in [-0.15, -0.1) is 0 Å². The predicted octanol–water partition coefficient (Wildman–Crippen LogP) is 4.13. The van der Waals surface area contributed by atoms with Crippen LogP contribution in [0, 0.1) is 5.41 Å². The van der Waals surface area contributed by atoms with Crippen molar-refractivity contribution in [3.05, 3.63) is 29.8 Å². The van der Waals surface area contributed by atoms with Crippen LogP contribution in [0.4, 0.5) is 10.5 Å². The van der Waals surface area contributed by atoms with Crippen molar-refractivity contribution in [2.45, 2.75) is 60.0 Å². The molecule has 0 atom stereocenters. The number of carbonyl (C=O) groups excluding carboxylic acids is 2. The molecule has 1 aromatic carbocycles. The van der Waals surface area contributed by atoms with Crippen LogP contribution in [0.25, 0.3) is 0 Å². The second-order valence-corrected chi connectivity index (χ2v) is 7.93. The maximum absolute atomic E-state index is 11.8. The van der Waals surface area contributed by atoms with E-state index >= 15 is 0 Å². The van der Waals surface area contributed by atoms with Crippen LogP contribution in [0.1, 0.15) is 53.5 Å². The van der Waals surface area contributed by atoms with E-state index in [-0.39, 0.29) is 11.3 Å². The highest BCUT2D eigenvalue weighted by Gasteiger charge is 2.20. The maximum atomic E-state index is 11.8. The number of hydrogen-bond donors (Lipinski definition) is 2. The normalized spacial score (nSPS) is 11.8. The van der Waals surface area contributed by atoms with Crippen molar-refractivity contribution in [3.8, 4) is 0 Å². The minimum atomic E-state index is -0.512. The van der Waals surface area contributed by atoms with Gasteiger partial charge in [0.1, 0.15) is 5.60 Å². The molecule has 0 saturated heterocycles. The molecule has 0 aliphatic carbocycles. The highest BCUT2D eigenvalue weighted by atomic mass is 16.6. The van der Waals surface area contributed by atoms with Gasteiger partial charge >= 0.3 is 6.09 Å². The Morgan fingerprint density at radius 3 is 2.08 bits per heavy atom. The number of aryl methyl sites for hydroxylation is 1. The molecule has 0 saturated carbocycles. The molecule has 1 aromatic rings. The lowest BCUT2D eigenvalue weighted by Crippen LogP contribution is -2.35. The van der Waals surface area contributed by atoms with Crippen molar-refractivity contribution in [2.24, 2.45) is 5.41 Å². The van der Waals surface area contributed by atoms with Crippen molar-refractivity contribution in [1.29, 1.82) is 0 Å². The summed E-state index contributed by atoms with van der Waals surface area (Å²) in [7, 11) is 0. The number of amides is 2. The minimum absolute atomic E-state index is 0.0689. The Morgan fingerprint density at radius 1 is 1.00 bits per heavy atom. The summed E-state index contributed by atoms with van der Waals surface area (Å²) in [4.78, 5) is 23.5. The molecule has 0 spiro atoms. The Kier molecular flexibility index (Phi) is 6.81. The monoisotopic (exact) mass is 334 g/mol. The van der Waals surface area contributed by atoms with E-state index in [4.69, 9.17) is 4.74 Å². The first kappa shape index (κ1) is 20.0. The number of nitrogens with one attached hydrogen (secondary N) is 2. The Labute approximate surface area is 145 Å². The van der Waals surface area contributed by atoms with Gasteiger partial charge in [-0.2, -0.15) is 0 Å². The van der Waals surface area contributed by atoms with E-state index in [1.165, 1.54) is 0 Å². The molecule has 0 aromatic heterocycles. The number of ether oxygens (including phenoxy) is 1. The van der Waals surface area contributed by atoms with Gasteiger partial charge in [0, 0.05) is 17.6 Å². The van der Waals surface area contributed by atoms with Crippen LogP contribution in [-0.2, 0) is 16.0 Å². The summed E-state index contributed by atoms with van der Waals surface area (Å²) in [5, 5.41) is 5.65. The van der Waals surface area contributed by atoms with Crippen molar-refractivity contribution in [3.63, 3.8) is 0 Å². The van der Waals surface area contributed by atoms with Crippen molar-refractivity contribution >= 4 is 17.7 Å². The second kappa shape index (κ2) is 8.18. The molecule has 1 rings (SSSR count). The number of hydrogen-bond acceptors (Lipinski definition) is 3. The largest absolute Gasteiger partial charge is 0.444 e. The van der Waals surface area contributed by atoms with Gasteiger partial charge in [0.2, 0.25) is 5.91 Å². The van der Waals surface area contributed by atoms with Gasteiger partial charge in [-0.3, -0.25) is 10.1 Å². The Bertz CT molecular complexity index is 551. The summed E-state index contributed by atoms with van der Waals surface area (Å²) < 4.78 is 5.21. The third-order valence-electron chi connectivity index (χ3n) is 3.21. The average Bonchev–Trinajstić information content (AvgIpc) is 2.42. The summed E-state index contributed by atoms with van der Waals surface area (Å²) in [6, 6.07) is 7.65. The summed E-state index contributed by atoms with van der Waals surface area (Å²) in [6.45, 7) is 11.8. The smallest absolute Gasteiger partial charge is 0.412 e. The Hall–Kier alpha value is -2.04. The minimum Gasteiger partial charge on any atom is -0.444 e. The number of anilines is 1. The van der Waals surface area contributed by atoms with E-state index in [1.807, 2.05) is 65.8 Å². The van der Waals surface area contributed by atoms with Gasteiger partial charge in [0.25, 0.3) is 0 Å². The van der Waals surface area contributed by atoms with Crippen molar-refractivity contribution < 1.29 is 14.3 Å². The first-order chi connectivity index (χ1) is 11.0. The Balaban J connectivity index is 2.37. The fourth-order valence-corrected chi connectivity index (χ4v) is 1.94. The van der Waals surface area contributed by atoms with Crippen molar-refractivity contribution in [1.82, 2.24) is 5.32 Å². The molecule has 134 valence electrons. The van der Waals surface area contributed by atoms with Gasteiger partial charge in [0.15, 0.2) is 0 Å². The zero-order valence-electron chi connectivity index (χ0n) is 15.7. The fraction of sp³-hybridized carbons (Fsp3) is 0.579. The molecular formula is C19H30N2O3. The third kappa shape index (κ3) is 7.99. The predicted molar refractivity (Wildman–Crippen MR) is 97.1 cm³/mol. The molecule has 0 unspecified atom stereocenters. The first-order valence-electron chi connectivity index (χ1n) is 8.34. The molecule has 0 bridgehead atoms. The van der Waals surface area contributed by atoms with Crippen LogP contribution >= 0.6 is 0 Å². The van der Waals surface area contributed by atoms with E-state index in [9.17, 15) is 9.59 Å². The molecule has 2 amide bonds. The third-order valence-corrected chi connectivity index (χ3v) is 3.21. The fourth-order valence-electron chi connectivity index (χ4n) is 1.94. The number of benzene rings is 1. The van der Waals surface area contributed by atoms with Gasteiger partial charge in [-0.05, 0) is 51.3 Å². The molecule has 5 nitrogen and oxygen atoms in total. The van der Waals surface area contributed by atoms with Crippen LogP contribution in [0.2, 0.25) is 0 Å². The van der Waals surface area contributed by atoms with E-state index in [0.29, 0.717) is 12.2 Å². The number of carbonyl (C=O) groups is 2. The highest BCUT2D eigenvalue weighted by molar-refractivity contribution is 5.84. The topological polar surface area (TPSA) is 67.4 Å². The maximum Gasteiger partial charge on any atom is 0.412 e.